The number of halogens is 2. The number of benzene rings is 1. The van der Waals surface area contributed by atoms with Crippen LogP contribution in [0.5, 0.6) is 0 Å². The molecule has 102 valence electrons. The summed E-state index contributed by atoms with van der Waals surface area (Å²) < 4.78 is 2.30. The zero-order valence-corrected chi connectivity index (χ0v) is 14.8. The molecule has 0 spiro atoms. The first kappa shape index (κ1) is 15.2. The summed E-state index contributed by atoms with van der Waals surface area (Å²) in [5.74, 6) is 0. The first-order valence-electron chi connectivity index (χ1n) is 6.40. The quantitative estimate of drug-likeness (QED) is 0.667. The Morgan fingerprint density at radius 1 is 1.26 bits per heavy atom. The summed E-state index contributed by atoms with van der Waals surface area (Å²) in [6.07, 6.45) is 2.22. The molecule has 1 nitrogen and oxygen atoms in total. The molecule has 0 amide bonds. The highest BCUT2D eigenvalue weighted by molar-refractivity contribution is 9.11. The van der Waals surface area contributed by atoms with Crippen molar-refractivity contribution in [2.45, 2.75) is 25.8 Å². The topological polar surface area (TPSA) is 12.0 Å². The van der Waals surface area contributed by atoms with Crippen molar-refractivity contribution in [3.63, 3.8) is 0 Å². The summed E-state index contributed by atoms with van der Waals surface area (Å²) >= 11 is 8.99. The van der Waals surface area contributed by atoms with Gasteiger partial charge in [-0.25, -0.2) is 0 Å². The molecule has 1 atom stereocenters. The second-order valence-electron chi connectivity index (χ2n) is 4.45. The number of hydrogen-bond donors (Lipinski definition) is 1. The van der Waals surface area contributed by atoms with Crippen LogP contribution in [0, 0.1) is 0 Å². The third kappa shape index (κ3) is 4.42. The fraction of sp³-hybridized carbons (Fsp3) is 0.333. The van der Waals surface area contributed by atoms with Gasteiger partial charge in [0, 0.05) is 15.0 Å². The molecule has 2 rings (SSSR count). The lowest BCUT2D eigenvalue weighted by Crippen LogP contribution is -2.21. The van der Waals surface area contributed by atoms with Crippen molar-refractivity contribution in [2.24, 2.45) is 0 Å². The van der Waals surface area contributed by atoms with E-state index >= 15 is 0 Å². The highest BCUT2D eigenvalue weighted by Crippen LogP contribution is 2.29. The Kier molecular flexibility index (Phi) is 6.07. The SMILES string of the molecule is CCNC(CCc1ccsc1)c1cc(Br)ccc1Br. The van der Waals surface area contributed by atoms with Crippen LogP contribution in [0.1, 0.15) is 30.5 Å². The third-order valence-electron chi connectivity index (χ3n) is 3.09. The molecule has 0 aliphatic rings. The van der Waals surface area contributed by atoms with Crippen molar-refractivity contribution in [1.82, 2.24) is 5.32 Å². The summed E-state index contributed by atoms with van der Waals surface area (Å²) in [5, 5.41) is 7.96. The van der Waals surface area contributed by atoms with Gasteiger partial charge in [0.05, 0.1) is 0 Å². The van der Waals surface area contributed by atoms with Gasteiger partial charge in [-0.2, -0.15) is 11.3 Å². The Bertz CT molecular complexity index is 511. The van der Waals surface area contributed by atoms with Crippen LogP contribution in [0.2, 0.25) is 0 Å². The fourth-order valence-corrected chi connectivity index (χ4v) is 3.75. The van der Waals surface area contributed by atoms with Gasteiger partial charge < -0.3 is 5.32 Å². The fourth-order valence-electron chi connectivity index (χ4n) is 2.14. The summed E-state index contributed by atoms with van der Waals surface area (Å²) in [6.45, 7) is 3.14. The molecule has 0 saturated carbocycles. The zero-order valence-electron chi connectivity index (χ0n) is 10.8. The molecule has 1 aromatic carbocycles. The van der Waals surface area contributed by atoms with Crippen LogP contribution in [-0.4, -0.2) is 6.54 Å². The largest absolute Gasteiger partial charge is 0.310 e. The minimum Gasteiger partial charge on any atom is -0.310 e. The van der Waals surface area contributed by atoms with Crippen molar-refractivity contribution >= 4 is 43.2 Å². The highest BCUT2D eigenvalue weighted by Gasteiger charge is 2.14. The number of aryl methyl sites for hydroxylation is 1. The first-order valence-corrected chi connectivity index (χ1v) is 8.93. The minimum absolute atomic E-state index is 0.386. The van der Waals surface area contributed by atoms with E-state index in [1.165, 1.54) is 15.6 Å². The van der Waals surface area contributed by atoms with E-state index in [-0.39, 0.29) is 0 Å². The van der Waals surface area contributed by atoms with Crippen molar-refractivity contribution < 1.29 is 0 Å². The first-order chi connectivity index (χ1) is 9.20. The van der Waals surface area contributed by atoms with Gasteiger partial charge in [-0.1, -0.05) is 38.8 Å². The smallest absolute Gasteiger partial charge is 0.0334 e. The lowest BCUT2D eigenvalue weighted by molar-refractivity contribution is 0.514. The lowest BCUT2D eigenvalue weighted by Gasteiger charge is -2.20. The Balaban J connectivity index is 2.12. The van der Waals surface area contributed by atoms with E-state index in [1.54, 1.807) is 11.3 Å². The van der Waals surface area contributed by atoms with E-state index in [0.717, 1.165) is 23.9 Å². The van der Waals surface area contributed by atoms with E-state index < -0.39 is 0 Å². The second kappa shape index (κ2) is 7.58. The van der Waals surface area contributed by atoms with Gasteiger partial charge in [0.15, 0.2) is 0 Å². The van der Waals surface area contributed by atoms with E-state index in [2.05, 4.69) is 79.1 Å². The van der Waals surface area contributed by atoms with Gasteiger partial charge in [0.2, 0.25) is 0 Å². The van der Waals surface area contributed by atoms with E-state index in [1.807, 2.05) is 0 Å². The highest BCUT2D eigenvalue weighted by atomic mass is 79.9. The van der Waals surface area contributed by atoms with Crippen molar-refractivity contribution in [2.75, 3.05) is 6.54 Å². The van der Waals surface area contributed by atoms with Crippen molar-refractivity contribution in [1.29, 1.82) is 0 Å². The minimum atomic E-state index is 0.386. The van der Waals surface area contributed by atoms with Gasteiger partial charge in [0.1, 0.15) is 0 Å². The molecular formula is C15H17Br2NS. The molecular weight excluding hydrogens is 386 g/mol. The molecule has 0 aliphatic carbocycles. The average molecular weight is 403 g/mol. The monoisotopic (exact) mass is 401 g/mol. The molecule has 1 heterocycles. The number of nitrogens with one attached hydrogen (secondary N) is 1. The maximum Gasteiger partial charge on any atom is 0.0334 e. The molecule has 0 radical (unpaired) electrons. The maximum atomic E-state index is 3.66. The van der Waals surface area contributed by atoms with E-state index in [4.69, 9.17) is 0 Å². The zero-order chi connectivity index (χ0) is 13.7. The summed E-state index contributed by atoms with van der Waals surface area (Å²) in [5.41, 5.74) is 2.76. The lowest BCUT2D eigenvalue weighted by atomic mass is 10.00. The number of thiophene rings is 1. The Morgan fingerprint density at radius 2 is 2.11 bits per heavy atom. The van der Waals surface area contributed by atoms with Crippen LogP contribution in [0.25, 0.3) is 0 Å². The Labute approximate surface area is 135 Å². The van der Waals surface area contributed by atoms with Crippen LogP contribution >= 0.6 is 43.2 Å². The number of hydrogen-bond acceptors (Lipinski definition) is 2. The Morgan fingerprint density at radius 3 is 2.79 bits per heavy atom. The molecule has 1 unspecified atom stereocenters. The average Bonchev–Trinajstić information content (AvgIpc) is 2.91. The molecule has 19 heavy (non-hydrogen) atoms. The summed E-state index contributed by atoms with van der Waals surface area (Å²) in [7, 11) is 0. The van der Waals surface area contributed by atoms with Gasteiger partial charge in [-0.15, -0.1) is 0 Å². The second-order valence-corrected chi connectivity index (χ2v) is 7.00. The van der Waals surface area contributed by atoms with Crippen molar-refractivity contribution in [3.05, 3.63) is 55.1 Å². The summed E-state index contributed by atoms with van der Waals surface area (Å²) in [6, 6.07) is 8.97. The molecule has 1 aromatic heterocycles. The van der Waals surface area contributed by atoms with Gasteiger partial charge >= 0.3 is 0 Å². The van der Waals surface area contributed by atoms with Gasteiger partial charge in [-0.05, 0) is 65.5 Å². The molecule has 0 aliphatic heterocycles. The van der Waals surface area contributed by atoms with Crippen LogP contribution in [0.15, 0.2) is 44.0 Å². The molecule has 0 saturated heterocycles. The molecule has 4 heteroatoms. The molecule has 2 aromatic rings. The Hall–Kier alpha value is -0.160. The predicted molar refractivity (Wildman–Crippen MR) is 90.9 cm³/mol. The van der Waals surface area contributed by atoms with Crippen LogP contribution in [0.3, 0.4) is 0 Å². The molecule has 0 fully saturated rings. The van der Waals surface area contributed by atoms with E-state index in [0.29, 0.717) is 6.04 Å². The van der Waals surface area contributed by atoms with Gasteiger partial charge in [-0.3, -0.25) is 0 Å². The van der Waals surface area contributed by atoms with Crippen molar-refractivity contribution in [3.8, 4) is 0 Å². The van der Waals surface area contributed by atoms with Crippen LogP contribution in [-0.2, 0) is 6.42 Å². The predicted octanol–water partition coefficient (Wildman–Crippen LogP) is 5.56. The van der Waals surface area contributed by atoms with Crippen LogP contribution in [0.4, 0.5) is 0 Å². The van der Waals surface area contributed by atoms with Crippen LogP contribution < -0.4 is 5.32 Å². The maximum absolute atomic E-state index is 3.66. The third-order valence-corrected chi connectivity index (χ3v) is 5.03. The molecule has 0 bridgehead atoms. The van der Waals surface area contributed by atoms with Gasteiger partial charge in [0.25, 0.3) is 0 Å². The molecule has 1 N–H and O–H groups in total. The number of rotatable bonds is 6. The van der Waals surface area contributed by atoms with E-state index in [9.17, 15) is 0 Å². The summed E-state index contributed by atoms with van der Waals surface area (Å²) in [4.78, 5) is 0. The normalized spacial score (nSPS) is 12.6. The standard InChI is InChI=1S/C15H17Br2NS/c1-2-18-15(6-3-11-7-8-19-10-11)13-9-12(16)4-5-14(13)17/h4-5,7-10,15,18H,2-3,6H2,1H3.